The Labute approximate surface area is 107 Å². The summed E-state index contributed by atoms with van der Waals surface area (Å²) in [5.41, 5.74) is 7.73. The monoisotopic (exact) mass is 266 g/mol. The summed E-state index contributed by atoms with van der Waals surface area (Å²) in [7, 11) is 0. The van der Waals surface area contributed by atoms with Gasteiger partial charge in [-0.15, -0.1) is 0 Å². The molecule has 0 atom stereocenters. The molecule has 19 heavy (non-hydrogen) atoms. The second-order valence-electron chi connectivity index (χ2n) is 3.82. The fraction of sp³-hybridized carbons (Fsp3) is 0.0909. The molecule has 0 fully saturated rings. The molecule has 0 bridgehead atoms. The van der Waals surface area contributed by atoms with Crippen molar-refractivity contribution < 1.29 is 8.78 Å². The van der Waals surface area contributed by atoms with E-state index < -0.39 is 11.6 Å². The molecule has 0 spiro atoms. The van der Waals surface area contributed by atoms with Gasteiger partial charge in [-0.25, -0.2) is 14.6 Å². The molecule has 0 amide bonds. The van der Waals surface area contributed by atoms with Crippen molar-refractivity contribution in [1.29, 1.82) is 0 Å². The van der Waals surface area contributed by atoms with E-state index in [1.54, 1.807) is 0 Å². The molecular weight excluding hydrogens is 254 g/mol. The third kappa shape index (κ3) is 2.68. The van der Waals surface area contributed by atoms with Crippen molar-refractivity contribution in [3.8, 4) is 0 Å². The van der Waals surface area contributed by atoms with Crippen LogP contribution in [0.15, 0.2) is 18.2 Å². The Bertz CT molecular complexity index is 616. The highest BCUT2D eigenvalue weighted by atomic mass is 19.1. The first kappa shape index (κ1) is 13.0. The van der Waals surface area contributed by atoms with Gasteiger partial charge in [0.15, 0.2) is 5.82 Å². The van der Waals surface area contributed by atoms with E-state index in [0.717, 1.165) is 6.07 Å². The Morgan fingerprint density at radius 2 is 1.84 bits per heavy atom. The molecule has 0 aliphatic rings. The summed E-state index contributed by atoms with van der Waals surface area (Å²) < 4.78 is 27.4. The van der Waals surface area contributed by atoms with Crippen LogP contribution in [0.1, 0.15) is 5.56 Å². The van der Waals surface area contributed by atoms with Crippen LogP contribution in [0.4, 0.5) is 32.1 Å². The van der Waals surface area contributed by atoms with E-state index in [1.807, 2.05) is 0 Å². The quantitative estimate of drug-likeness (QED) is 0.498. The van der Waals surface area contributed by atoms with Crippen LogP contribution in [0.2, 0.25) is 0 Å². The third-order valence-corrected chi connectivity index (χ3v) is 2.43. The molecule has 0 unspecified atom stereocenters. The molecule has 6 N–H and O–H groups in total. The summed E-state index contributed by atoms with van der Waals surface area (Å²) in [6.45, 7) is 1.53. The summed E-state index contributed by atoms with van der Waals surface area (Å²) in [6.07, 6.45) is 0. The molecular formula is C11H12F2N6. The lowest BCUT2D eigenvalue weighted by atomic mass is 10.2. The second-order valence-corrected chi connectivity index (χ2v) is 3.82. The molecule has 0 aliphatic carbocycles. The zero-order chi connectivity index (χ0) is 14.0. The van der Waals surface area contributed by atoms with Gasteiger partial charge in [-0.05, 0) is 18.6 Å². The maximum absolute atomic E-state index is 13.8. The van der Waals surface area contributed by atoms with Crippen LogP contribution in [0.3, 0.4) is 0 Å². The van der Waals surface area contributed by atoms with Crippen LogP contribution in [0, 0.1) is 18.6 Å². The number of hydrogen-bond acceptors (Lipinski definition) is 6. The average Bonchev–Trinajstić information content (AvgIpc) is 2.38. The molecule has 1 heterocycles. The minimum absolute atomic E-state index is 0.0774. The first-order chi connectivity index (χ1) is 9.01. The lowest BCUT2D eigenvalue weighted by Crippen LogP contribution is -2.11. The van der Waals surface area contributed by atoms with Crippen LogP contribution in [0.25, 0.3) is 0 Å². The van der Waals surface area contributed by atoms with Gasteiger partial charge in [-0.3, -0.25) is 0 Å². The van der Waals surface area contributed by atoms with Gasteiger partial charge in [-0.1, -0.05) is 6.07 Å². The molecule has 0 saturated heterocycles. The third-order valence-electron chi connectivity index (χ3n) is 2.43. The molecule has 0 radical (unpaired) electrons. The van der Waals surface area contributed by atoms with Crippen molar-refractivity contribution in [2.24, 2.45) is 5.84 Å². The molecule has 100 valence electrons. The van der Waals surface area contributed by atoms with Crippen LogP contribution in [-0.2, 0) is 0 Å². The summed E-state index contributed by atoms with van der Waals surface area (Å²) >= 11 is 0. The van der Waals surface area contributed by atoms with Crippen LogP contribution < -0.4 is 22.3 Å². The molecule has 8 heteroatoms. The highest BCUT2D eigenvalue weighted by Gasteiger charge is 2.13. The van der Waals surface area contributed by atoms with Crippen molar-refractivity contribution in [1.82, 2.24) is 9.97 Å². The summed E-state index contributed by atoms with van der Waals surface area (Å²) in [5, 5.41) is 2.52. The molecule has 0 saturated carbocycles. The van der Waals surface area contributed by atoms with E-state index in [0.29, 0.717) is 5.56 Å². The highest BCUT2D eigenvalue weighted by molar-refractivity contribution is 5.62. The van der Waals surface area contributed by atoms with Crippen molar-refractivity contribution in [3.63, 3.8) is 0 Å². The van der Waals surface area contributed by atoms with Gasteiger partial charge in [0.25, 0.3) is 0 Å². The number of hydrogen-bond donors (Lipinski definition) is 4. The number of aromatic nitrogens is 2. The van der Waals surface area contributed by atoms with Crippen LogP contribution >= 0.6 is 0 Å². The van der Waals surface area contributed by atoms with Gasteiger partial charge in [0.2, 0.25) is 5.95 Å². The number of benzene rings is 1. The maximum atomic E-state index is 13.8. The number of nitrogen functional groups attached to an aromatic ring is 2. The number of nitrogens with one attached hydrogen (secondary N) is 2. The van der Waals surface area contributed by atoms with E-state index in [9.17, 15) is 8.78 Å². The molecule has 2 rings (SSSR count). The lowest BCUT2D eigenvalue weighted by molar-refractivity contribution is 0.584. The SMILES string of the molecule is Cc1ccc(F)c(Nc2cc(NN)nc(N)n2)c1F. The van der Waals surface area contributed by atoms with Crippen molar-refractivity contribution in [3.05, 3.63) is 35.4 Å². The van der Waals surface area contributed by atoms with Crippen molar-refractivity contribution >= 4 is 23.3 Å². The van der Waals surface area contributed by atoms with E-state index in [-0.39, 0.29) is 23.3 Å². The van der Waals surface area contributed by atoms with Crippen molar-refractivity contribution in [2.45, 2.75) is 6.92 Å². The average molecular weight is 266 g/mol. The van der Waals surface area contributed by atoms with Gasteiger partial charge in [0.05, 0.1) is 0 Å². The minimum atomic E-state index is -0.734. The Hall–Kier alpha value is -2.48. The van der Waals surface area contributed by atoms with Gasteiger partial charge in [0.1, 0.15) is 23.1 Å². The summed E-state index contributed by atoms with van der Waals surface area (Å²) in [5.74, 6) is 4.04. The van der Waals surface area contributed by atoms with Crippen LogP contribution in [0.5, 0.6) is 0 Å². The summed E-state index contributed by atoms with van der Waals surface area (Å²) in [4.78, 5) is 7.58. The zero-order valence-electron chi connectivity index (χ0n) is 10.0. The first-order valence-electron chi connectivity index (χ1n) is 5.34. The fourth-order valence-electron chi connectivity index (χ4n) is 1.50. The minimum Gasteiger partial charge on any atom is -0.368 e. The van der Waals surface area contributed by atoms with E-state index in [1.165, 1.54) is 19.1 Å². The molecule has 1 aromatic heterocycles. The molecule has 1 aromatic carbocycles. The number of nitrogens with two attached hydrogens (primary N) is 2. The normalized spacial score (nSPS) is 10.3. The standard InChI is InChI=1S/C11H12F2N6/c1-5-2-3-6(12)10(9(5)13)16-7-4-8(19-15)18-11(14)17-7/h2-4H,15H2,1H3,(H4,14,16,17,18,19). The Morgan fingerprint density at radius 3 is 2.53 bits per heavy atom. The number of nitrogens with zero attached hydrogens (tertiary/aromatic N) is 2. The van der Waals surface area contributed by atoms with Crippen LogP contribution in [-0.4, -0.2) is 9.97 Å². The lowest BCUT2D eigenvalue weighted by Gasteiger charge is -2.11. The highest BCUT2D eigenvalue weighted by Crippen LogP contribution is 2.25. The number of halogens is 2. The maximum Gasteiger partial charge on any atom is 0.223 e. The first-order valence-corrected chi connectivity index (χ1v) is 5.34. The predicted molar refractivity (Wildman–Crippen MR) is 68.6 cm³/mol. The Balaban J connectivity index is 2.41. The van der Waals surface area contributed by atoms with E-state index in [4.69, 9.17) is 11.6 Å². The number of anilines is 4. The van der Waals surface area contributed by atoms with Gasteiger partial charge in [0, 0.05) is 6.07 Å². The molecule has 6 nitrogen and oxygen atoms in total. The molecule has 2 aromatic rings. The zero-order valence-corrected chi connectivity index (χ0v) is 10.0. The largest absolute Gasteiger partial charge is 0.368 e. The van der Waals surface area contributed by atoms with E-state index >= 15 is 0 Å². The smallest absolute Gasteiger partial charge is 0.223 e. The molecule has 0 aliphatic heterocycles. The number of rotatable bonds is 3. The van der Waals surface area contributed by atoms with Crippen molar-refractivity contribution in [2.75, 3.05) is 16.5 Å². The fourth-order valence-corrected chi connectivity index (χ4v) is 1.50. The second kappa shape index (κ2) is 5.02. The Kier molecular flexibility index (Phi) is 3.43. The predicted octanol–water partition coefficient (Wildman–Crippen LogP) is 1.67. The number of hydrazine groups is 1. The van der Waals surface area contributed by atoms with Gasteiger partial charge < -0.3 is 16.5 Å². The number of aryl methyl sites for hydroxylation is 1. The summed E-state index contributed by atoms with van der Waals surface area (Å²) in [6, 6.07) is 3.88. The topological polar surface area (TPSA) is 102 Å². The van der Waals surface area contributed by atoms with E-state index in [2.05, 4.69) is 20.7 Å². The van der Waals surface area contributed by atoms with Gasteiger partial charge in [-0.2, -0.15) is 9.97 Å². The Morgan fingerprint density at radius 1 is 1.16 bits per heavy atom. The van der Waals surface area contributed by atoms with Gasteiger partial charge >= 0.3 is 0 Å².